The number of ether oxygens (including phenoxy) is 3. The Bertz CT molecular complexity index is 922. The van der Waals surface area contributed by atoms with Crippen LogP contribution in [0.4, 0.5) is 0 Å². The van der Waals surface area contributed by atoms with Crippen LogP contribution in [-0.4, -0.2) is 53.0 Å². The van der Waals surface area contributed by atoms with Crippen LogP contribution in [0, 0.1) is 11.8 Å². The molecule has 1 saturated heterocycles. The topological polar surface area (TPSA) is 81.1 Å². The molecule has 1 amide bonds. The summed E-state index contributed by atoms with van der Waals surface area (Å²) < 4.78 is 16.8. The van der Waals surface area contributed by atoms with Crippen molar-refractivity contribution in [3.8, 4) is 17.2 Å². The van der Waals surface area contributed by atoms with E-state index >= 15 is 0 Å². The number of benzene rings is 1. The Morgan fingerprint density at radius 2 is 1.93 bits per heavy atom. The Morgan fingerprint density at radius 1 is 1.14 bits per heavy atom. The van der Waals surface area contributed by atoms with Gasteiger partial charge in [-0.15, -0.1) is 0 Å². The van der Waals surface area contributed by atoms with Gasteiger partial charge >= 0.3 is 0 Å². The molecule has 0 spiro atoms. The lowest BCUT2D eigenvalue weighted by Gasteiger charge is -2.35. The second kappa shape index (κ2) is 7.39. The van der Waals surface area contributed by atoms with E-state index in [0.717, 1.165) is 0 Å². The monoisotopic (exact) mass is 416 g/mol. The number of carbonyl (C=O) groups excluding carboxylic acids is 1. The van der Waals surface area contributed by atoms with Gasteiger partial charge in [0.05, 0.1) is 11.1 Å². The average Bonchev–Trinajstić information content (AvgIpc) is 3.34. The van der Waals surface area contributed by atoms with Crippen LogP contribution < -0.4 is 14.2 Å². The molecule has 29 heavy (non-hydrogen) atoms. The van der Waals surface area contributed by atoms with Gasteiger partial charge in [-0.3, -0.25) is 4.79 Å². The molecule has 0 bridgehead atoms. The molecule has 5 rings (SSSR count). The molecule has 1 aromatic heterocycles. The van der Waals surface area contributed by atoms with Crippen LogP contribution in [-0.2, 0) is 0 Å². The highest BCUT2D eigenvalue weighted by Gasteiger charge is 2.44. The largest absolute Gasteiger partial charge is 0.488 e. The molecule has 1 aromatic carbocycles. The van der Waals surface area contributed by atoms with Crippen LogP contribution in [0.25, 0.3) is 0 Å². The van der Waals surface area contributed by atoms with Crippen molar-refractivity contribution in [1.29, 1.82) is 0 Å². The number of amides is 1. The Kier molecular flexibility index (Phi) is 4.72. The molecule has 7 nitrogen and oxygen atoms in total. The van der Waals surface area contributed by atoms with E-state index in [9.17, 15) is 9.90 Å². The molecule has 3 heterocycles. The molecular weight excluding hydrogens is 396 g/mol. The molecule has 0 radical (unpaired) electrons. The van der Waals surface area contributed by atoms with Gasteiger partial charge in [-0.1, -0.05) is 11.6 Å². The van der Waals surface area contributed by atoms with Gasteiger partial charge in [0.1, 0.15) is 17.5 Å². The maximum atomic E-state index is 12.8. The maximum Gasteiger partial charge on any atom is 0.272 e. The first-order valence-electron chi connectivity index (χ1n) is 9.72. The van der Waals surface area contributed by atoms with E-state index in [-0.39, 0.29) is 30.6 Å². The van der Waals surface area contributed by atoms with E-state index in [1.54, 1.807) is 18.2 Å². The number of hydrogen-bond acceptors (Lipinski definition) is 6. The molecule has 0 unspecified atom stereocenters. The summed E-state index contributed by atoms with van der Waals surface area (Å²) in [5, 5.41) is 11.1. The minimum absolute atomic E-state index is 0.0983. The zero-order chi connectivity index (χ0) is 20.0. The van der Waals surface area contributed by atoms with E-state index in [2.05, 4.69) is 4.98 Å². The molecule has 4 atom stereocenters. The maximum absolute atomic E-state index is 12.8. The number of halogens is 1. The molecule has 8 heteroatoms. The first-order chi connectivity index (χ1) is 14.1. The third-order valence-electron chi connectivity index (χ3n) is 5.95. The average molecular weight is 417 g/mol. The Hall–Kier alpha value is -2.51. The van der Waals surface area contributed by atoms with E-state index in [1.165, 1.54) is 6.20 Å². The van der Waals surface area contributed by atoms with Crippen LogP contribution in [0.1, 0.15) is 23.3 Å². The quantitative estimate of drug-likeness (QED) is 0.828. The first-order valence-corrected chi connectivity index (χ1v) is 10.1. The SMILES string of the molecule is O=C(c1ccc(Cl)cn1)N1C[C@H]2C[C@@H](Oc3ccc4c(c3)OCO4)[C@H](O)C[C@H]2C1. The minimum Gasteiger partial charge on any atom is -0.488 e. The Balaban J connectivity index is 1.25. The highest BCUT2D eigenvalue weighted by atomic mass is 35.5. The lowest BCUT2D eigenvalue weighted by Crippen LogP contribution is -2.42. The van der Waals surface area contributed by atoms with Gasteiger partial charge in [-0.05, 0) is 48.9 Å². The Morgan fingerprint density at radius 3 is 2.72 bits per heavy atom. The normalized spacial score (nSPS) is 27.6. The summed E-state index contributed by atoms with van der Waals surface area (Å²) in [5.74, 6) is 2.44. The molecule has 152 valence electrons. The van der Waals surface area contributed by atoms with Gasteiger partial charge in [0.15, 0.2) is 11.5 Å². The number of nitrogens with zero attached hydrogens (tertiary/aromatic N) is 2. The lowest BCUT2D eigenvalue weighted by molar-refractivity contribution is -0.0232. The lowest BCUT2D eigenvalue weighted by atomic mass is 9.78. The van der Waals surface area contributed by atoms with Crippen molar-refractivity contribution in [1.82, 2.24) is 9.88 Å². The number of fused-ring (bicyclic) bond motifs is 2. The fraction of sp³-hybridized carbons (Fsp3) is 0.429. The third-order valence-corrected chi connectivity index (χ3v) is 6.17. The molecule has 2 aromatic rings. The van der Waals surface area contributed by atoms with Gasteiger partial charge in [-0.2, -0.15) is 0 Å². The smallest absolute Gasteiger partial charge is 0.272 e. The van der Waals surface area contributed by atoms with Crippen LogP contribution in [0.2, 0.25) is 5.02 Å². The van der Waals surface area contributed by atoms with E-state index < -0.39 is 6.10 Å². The predicted octanol–water partition coefficient (Wildman–Crippen LogP) is 2.75. The number of rotatable bonds is 3. The second-order valence-corrected chi connectivity index (χ2v) is 8.24. The predicted molar refractivity (Wildman–Crippen MR) is 104 cm³/mol. The summed E-state index contributed by atoms with van der Waals surface area (Å²) in [6.07, 6.45) is 1.89. The zero-order valence-corrected chi connectivity index (χ0v) is 16.4. The highest BCUT2D eigenvalue weighted by Crippen LogP contribution is 2.40. The number of carbonyl (C=O) groups is 1. The van der Waals surface area contributed by atoms with Gasteiger partial charge < -0.3 is 24.2 Å². The third kappa shape index (κ3) is 3.60. The molecule has 2 aliphatic heterocycles. The summed E-state index contributed by atoms with van der Waals surface area (Å²) in [6, 6.07) is 8.74. The molecule has 2 fully saturated rings. The van der Waals surface area contributed by atoms with Crippen LogP contribution in [0.5, 0.6) is 17.2 Å². The van der Waals surface area contributed by atoms with Gasteiger partial charge in [-0.25, -0.2) is 4.98 Å². The van der Waals surface area contributed by atoms with Crippen molar-refractivity contribution < 1.29 is 24.1 Å². The van der Waals surface area contributed by atoms with Crippen molar-refractivity contribution in [2.45, 2.75) is 25.0 Å². The van der Waals surface area contributed by atoms with Crippen LogP contribution in [0.15, 0.2) is 36.5 Å². The van der Waals surface area contributed by atoms with Crippen molar-refractivity contribution >= 4 is 17.5 Å². The van der Waals surface area contributed by atoms with E-state index in [1.807, 2.05) is 17.0 Å². The highest BCUT2D eigenvalue weighted by molar-refractivity contribution is 6.30. The van der Waals surface area contributed by atoms with E-state index in [0.29, 0.717) is 53.9 Å². The molecule has 1 saturated carbocycles. The molecule has 1 N–H and O–H groups in total. The van der Waals surface area contributed by atoms with Crippen molar-refractivity contribution in [3.05, 3.63) is 47.2 Å². The summed E-state index contributed by atoms with van der Waals surface area (Å²) >= 11 is 5.86. The molecule has 1 aliphatic carbocycles. The summed E-state index contributed by atoms with van der Waals surface area (Å²) in [4.78, 5) is 18.7. The molecule has 3 aliphatic rings. The minimum atomic E-state index is -0.578. The number of pyridine rings is 1. The summed E-state index contributed by atoms with van der Waals surface area (Å²) in [5.41, 5.74) is 0.391. The number of hydrogen-bond donors (Lipinski definition) is 1. The number of aromatic nitrogens is 1. The summed E-state index contributed by atoms with van der Waals surface area (Å²) in [7, 11) is 0. The van der Waals surface area contributed by atoms with Crippen LogP contribution in [0.3, 0.4) is 0 Å². The number of aliphatic hydroxyl groups excluding tert-OH is 1. The van der Waals surface area contributed by atoms with Crippen molar-refractivity contribution in [3.63, 3.8) is 0 Å². The van der Waals surface area contributed by atoms with Crippen LogP contribution >= 0.6 is 11.6 Å². The van der Waals surface area contributed by atoms with Gasteiger partial charge in [0.25, 0.3) is 5.91 Å². The van der Waals surface area contributed by atoms with Crippen molar-refractivity contribution in [2.24, 2.45) is 11.8 Å². The molecular formula is C21H21ClN2O5. The Labute approximate surface area is 173 Å². The van der Waals surface area contributed by atoms with Crippen molar-refractivity contribution in [2.75, 3.05) is 19.9 Å². The summed E-state index contributed by atoms with van der Waals surface area (Å²) in [6.45, 7) is 1.48. The fourth-order valence-corrected chi connectivity index (χ4v) is 4.58. The zero-order valence-electron chi connectivity index (χ0n) is 15.7. The standard InChI is InChI=1S/C21H21ClN2O5/c22-14-1-3-16(23-8-14)21(26)24-9-12-5-17(25)19(6-13(12)10-24)29-15-2-4-18-20(7-15)28-11-27-18/h1-4,7-8,12-13,17,19,25H,5-6,9-11H2/t12-,13+,17+,19+/m0/s1. The number of likely N-dealkylation sites (tertiary alicyclic amines) is 1. The fourth-order valence-electron chi connectivity index (χ4n) is 4.47. The number of aliphatic hydroxyl groups is 1. The van der Waals surface area contributed by atoms with E-state index in [4.69, 9.17) is 25.8 Å². The first kappa shape index (κ1) is 18.5. The van der Waals surface area contributed by atoms with Gasteiger partial charge in [0, 0.05) is 25.4 Å². The second-order valence-electron chi connectivity index (χ2n) is 7.80. The van der Waals surface area contributed by atoms with Gasteiger partial charge in [0.2, 0.25) is 6.79 Å².